The van der Waals surface area contributed by atoms with Gasteiger partial charge in [-0.25, -0.2) is 9.38 Å². The molecular formula is C9H9FN2. The van der Waals surface area contributed by atoms with Crippen LogP contribution in [0.5, 0.6) is 0 Å². The van der Waals surface area contributed by atoms with Gasteiger partial charge in [-0.2, -0.15) is 0 Å². The zero-order valence-corrected chi connectivity index (χ0v) is 6.71. The van der Waals surface area contributed by atoms with Crippen LogP contribution in [0.25, 0.3) is 0 Å². The second-order valence-electron chi connectivity index (χ2n) is 2.85. The van der Waals surface area contributed by atoms with Gasteiger partial charge in [-0.05, 0) is 25.1 Å². The molecule has 2 nitrogen and oxygen atoms in total. The van der Waals surface area contributed by atoms with Crippen molar-refractivity contribution in [1.29, 1.82) is 0 Å². The van der Waals surface area contributed by atoms with Gasteiger partial charge in [-0.1, -0.05) is 0 Å². The van der Waals surface area contributed by atoms with Crippen molar-refractivity contribution in [2.24, 2.45) is 4.99 Å². The number of rotatable bonds is 0. The van der Waals surface area contributed by atoms with Gasteiger partial charge in [0.15, 0.2) is 0 Å². The zero-order valence-electron chi connectivity index (χ0n) is 6.71. The highest BCUT2D eigenvalue weighted by molar-refractivity contribution is 5.67. The Morgan fingerprint density at radius 3 is 3.17 bits per heavy atom. The Labute approximate surface area is 70.1 Å². The van der Waals surface area contributed by atoms with Gasteiger partial charge in [0.25, 0.3) is 0 Å². The van der Waals surface area contributed by atoms with Crippen LogP contribution in [0.1, 0.15) is 18.5 Å². The van der Waals surface area contributed by atoms with Crippen molar-refractivity contribution in [2.75, 3.05) is 0 Å². The van der Waals surface area contributed by atoms with E-state index >= 15 is 0 Å². The van der Waals surface area contributed by atoms with E-state index in [0.29, 0.717) is 0 Å². The molecule has 0 saturated carbocycles. The van der Waals surface area contributed by atoms with E-state index in [1.807, 2.05) is 6.92 Å². The van der Waals surface area contributed by atoms with Crippen LogP contribution >= 0.6 is 0 Å². The first-order valence-corrected chi connectivity index (χ1v) is 3.85. The molecule has 1 unspecified atom stereocenters. The Balaban J connectivity index is 2.56. The summed E-state index contributed by atoms with van der Waals surface area (Å²) in [7, 11) is 0. The molecule has 62 valence electrons. The van der Waals surface area contributed by atoms with Crippen LogP contribution in [-0.4, -0.2) is 6.34 Å². The van der Waals surface area contributed by atoms with Gasteiger partial charge >= 0.3 is 0 Å². The number of hydrogen-bond donors (Lipinski definition) is 1. The number of halogens is 1. The second-order valence-corrected chi connectivity index (χ2v) is 2.85. The lowest BCUT2D eigenvalue weighted by Crippen LogP contribution is -2.19. The molecule has 1 aliphatic rings. The van der Waals surface area contributed by atoms with Crippen molar-refractivity contribution >= 4 is 12.0 Å². The number of nitrogens with zero attached hydrogens (tertiary/aromatic N) is 1. The van der Waals surface area contributed by atoms with Gasteiger partial charge in [-0.3, -0.25) is 0 Å². The first-order chi connectivity index (χ1) is 5.77. The van der Waals surface area contributed by atoms with Crippen molar-refractivity contribution in [1.82, 2.24) is 5.32 Å². The monoisotopic (exact) mass is 164 g/mol. The smallest absolute Gasteiger partial charge is 0.123 e. The summed E-state index contributed by atoms with van der Waals surface area (Å²) >= 11 is 0. The molecule has 12 heavy (non-hydrogen) atoms. The highest BCUT2D eigenvalue weighted by Gasteiger charge is 2.12. The van der Waals surface area contributed by atoms with Crippen molar-refractivity contribution in [3.63, 3.8) is 0 Å². The summed E-state index contributed by atoms with van der Waals surface area (Å²) in [6.45, 7) is 1.98. The lowest BCUT2D eigenvalue weighted by atomic mass is 10.1. The number of hydrogen-bond acceptors (Lipinski definition) is 2. The molecule has 0 spiro atoms. The van der Waals surface area contributed by atoms with Gasteiger partial charge in [0, 0.05) is 5.56 Å². The van der Waals surface area contributed by atoms with Gasteiger partial charge < -0.3 is 5.32 Å². The molecule has 1 heterocycles. The molecule has 1 aromatic rings. The highest BCUT2D eigenvalue weighted by atomic mass is 19.1. The molecule has 0 bridgehead atoms. The molecule has 3 heteroatoms. The standard InChI is InChI=1S/C9H9FN2/c1-6-8-4-7(10)2-3-9(8)12-5-11-6/h2-6H,1H3,(H,11,12). The molecule has 2 rings (SSSR count). The van der Waals surface area contributed by atoms with E-state index in [2.05, 4.69) is 10.3 Å². The summed E-state index contributed by atoms with van der Waals surface area (Å²) in [5.41, 5.74) is 1.76. The van der Waals surface area contributed by atoms with Gasteiger partial charge in [-0.15, -0.1) is 0 Å². The third-order valence-electron chi connectivity index (χ3n) is 1.98. The van der Waals surface area contributed by atoms with Crippen LogP contribution in [0.2, 0.25) is 0 Å². The minimum atomic E-state index is -0.209. The maximum Gasteiger partial charge on any atom is 0.123 e. The van der Waals surface area contributed by atoms with Crippen LogP contribution in [0, 0.1) is 5.82 Å². The maximum atomic E-state index is 12.8. The highest BCUT2D eigenvalue weighted by Crippen LogP contribution is 2.27. The van der Waals surface area contributed by atoms with E-state index in [1.165, 1.54) is 12.1 Å². The van der Waals surface area contributed by atoms with E-state index in [4.69, 9.17) is 0 Å². The lowest BCUT2D eigenvalue weighted by molar-refractivity contribution is 0.617. The molecule has 1 aliphatic heterocycles. The zero-order chi connectivity index (χ0) is 8.55. The summed E-state index contributed by atoms with van der Waals surface area (Å²) in [6, 6.07) is 4.78. The first kappa shape index (κ1) is 7.28. The Kier molecular flexibility index (Phi) is 1.57. The fourth-order valence-corrected chi connectivity index (χ4v) is 1.30. The molecule has 0 aliphatic carbocycles. The lowest BCUT2D eigenvalue weighted by Gasteiger charge is -2.18. The number of benzene rings is 1. The van der Waals surface area contributed by atoms with Gasteiger partial charge in [0.2, 0.25) is 0 Å². The fraction of sp³-hybridized carbons (Fsp3) is 0.222. The predicted octanol–water partition coefficient (Wildman–Crippen LogP) is 2.15. The second kappa shape index (κ2) is 2.59. The molecule has 0 fully saturated rings. The van der Waals surface area contributed by atoms with Crippen molar-refractivity contribution in [3.05, 3.63) is 29.6 Å². The minimum absolute atomic E-state index is 0.146. The Morgan fingerprint density at radius 2 is 2.33 bits per heavy atom. The summed E-state index contributed by atoms with van der Waals surface area (Å²) in [4.78, 5) is 4.08. The predicted molar refractivity (Wildman–Crippen MR) is 46.1 cm³/mol. The summed E-state index contributed by atoms with van der Waals surface area (Å²) < 4.78 is 12.8. The normalized spacial score (nSPS) is 20.0. The largest absolute Gasteiger partial charge is 0.369 e. The van der Waals surface area contributed by atoms with Crippen LogP contribution in [-0.2, 0) is 0 Å². The van der Waals surface area contributed by atoms with Crippen LogP contribution in [0.15, 0.2) is 23.2 Å². The summed E-state index contributed by atoms with van der Waals surface area (Å²) in [6.07, 6.45) is 1.64. The van der Waals surface area contributed by atoms with E-state index < -0.39 is 0 Å². The third-order valence-corrected chi connectivity index (χ3v) is 1.98. The Morgan fingerprint density at radius 1 is 1.50 bits per heavy atom. The molecule has 0 aromatic heterocycles. The molecule has 1 N–H and O–H groups in total. The van der Waals surface area contributed by atoms with Gasteiger partial charge in [0.1, 0.15) is 5.82 Å². The molecular weight excluding hydrogens is 155 g/mol. The number of fused-ring (bicyclic) bond motifs is 1. The van der Waals surface area contributed by atoms with Crippen molar-refractivity contribution < 1.29 is 4.39 Å². The Hall–Kier alpha value is -1.38. The van der Waals surface area contributed by atoms with E-state index in [1.54, 1.807) is 12.4 Å². The van der Waals surface area contributed by atoms with Gasteiger partial charge in [0.05, 0.1) is 18.1 Å². The average Bonchev–Trinajstić information content (AvgIpc) is 2.07. The van der Waals surface area contributed by atoms with Crippen molar-refractivity contribution in [2.45, 2.75) is 13.0 Å². The SMILES string of the molecule is CC1NC=Nc2ccc(F)cc21. The molecule has 0 saturated heterocycles. The quantitative estimate of drug-likeness (QED) is 0.624. The van der Waals surface area contributed by atoms with E-state index in [0.717, 1.165) is 11.3 Å². The van der Waals surface area contributed by atoms with Crippen LogP contribution in [0.3, 0.4) is 0 Å². The van der Waals surface area contributed by atoms with Crippen LogP contribution in [0.4, 0.5) is 10.1 Å². The Bertz CT molecular complexity index is 333. The summed E-state index contributed by atoms with van der Waals surface area (Å²) in [5.74, 6) is -0.209. The third kappa shape index (κ3) is 1.07. The van der Waals surface area contributed by atoms with Crippen LogP contribution < -0.4 is 5.32 Å². The summed E-state index contributed by atoms with van der Waals surface area (Å²) in [5, 5.41) is 3.01. The van der Waals surface area contributed by atoms with E-state index in [-0.39, 0.29) is 11.9 Å². The molecule has 0 radical (unpaired) electrons. The molecule has 1 atom stereocenters. The fourth-order valence-electron chi connectivity index (χ4n) is 1.30. The maximum absolute atomic E-state index is 12.8. The first-order valence-electron chi connectivity index (χ1n) is 3.85. The number of aliphatic imine (C=N–C) groups is 1. The average molecular weight is 164 g/mol. The number of nitrogens with one attached hydrogen (secondary N) is 1. The van der Waals surface area contributed by atoms with E-state index in [9.17, 15) is 4.39 Å². The molecule has 0 amide bonds. The molecule has 1 aromatic carbocycles. The minimum Gasteiger partial charge on any atom is -0.369 e. The van der Waals surface area contributed by atoms with Crippen molar-refractivity contribution in [3.8, 4) is 0 Å². The topological polar surface area (TPSA) is 24.4 Å².